The van der Waals surface area contributed by atoms with Crippen LogP contribution >= 0.6 is 11.3 Å². The number of pyridine rings is 1. The second-order valence-corrected chi connectivity index (χ2v) is 14.2. The van der Waals surface area contributed by atoms with Gasteiger partial charge in [-0.3, -0.25) is 24.1 Å². The molecule has 228 valence electrons. The van der Waals surface area contributed by atoms with E-state index in [2.05, 4.69) is 20.3 Å². The number of ether oxygens (including phenoxy) is 1. The topological polar surface area (TPSA) is 147 Å². The largest absolute Gasteiger partial charge is 0.492 e. The summed E-state index contributed by atoms with van der Waals surface area (Å²) in [7, 11) is 1.02. The third-order valence-electron chi connectivity index (χ3n) is 6.64. The number of sulfonamides is 1. The van der Waals surface area contributed by atoms with Gasteiger partial charge < -0.3 is 20.3 Å². The number of carbonyl (C=O) groups excluding carboxylic acids is 3. The number of nitrogens with one attached hydrogen (secondary N) is 3. The summed E-state index contributed by atoms with van der Waals surface area (Å²) >= 11 is 1.23. The second kappa shape index (κ2) is 12.2. The predicted octanol–water partition coefficient (Wildman–Crippen LogP) is 4.49. The average Bonchev–Trinajstić information content (AvgIpc) is 3.37. The highest BCUT2D eigenvalue weighted by molar-refractivity contribution is 7.92. The van der Waals surface area contributed by atoms with Crippen LogP contribution in [0.1, 0.15) is 73.6 Å². The van der Waals surface area contributed by atoms with Crippen molar-refractivity contribution in [1.82, 2.24) is 15.2 Å². The lowest BCUT2D eigenvalue weighted by Crippen LogP contribution is -2.25. The fraction of sp³-hybridized carbons (Fsp3) is 0.333. The molecule has 0 radical (unpaired) electrons. The first kappa shape index (κ1) is 31.7. The fourth-order valence-corrected chi connectivity index (χ4v) is 6.15. The van der Waals surface area contributed by atoms with Gasteiger partial charge in [-0.2, -0.15) is 0 Å². The summed E-state index contributed by atoms with van der Waals surface area (Å²) in [5.41, 5.74) is 3.00. The number of methoxy groups -OCH3 is 1. The molecule has 1 aliphatic carbocycles. The minimum atomic E-state index is -3.62. The minimum absolute atomic E-state index is 0.185. The molecular formula is C30H35N5O6S2. The summed E-state index contributed by atoms with van der Waals surface area (Å²) in [4.78, 5) is 45.6. The third-order valence-corrected chi connectivity index (χ3v) is 8.44. The smallest absolute Gasteiger partial charge is 0.265 e. The van der Waals surface area contributed by atoms with Crippen molar-refractivity contribution in [1.29, 1.82) is 0 Å². The Kier molecular flexibility index (Phi) is 8.97. The molecule has 13 heteroatoms. The van der Waals surface area contributed by atoms with Crippen LogP contribution in [0.5, 0.6) is 5.75 Å². The second-order valence-electron chi connectivity index (χ2n) is 11.4. The maximum atomic E-state index is 13.5. The Morgan fingerprint density at radius 2 is 1.65 bits per heavy atom. The lowest BCUT2D eigenvalue weighted by Gasteiger charge is -2.23. The maximum absolute atomic E-state index is 13.5. The summed E-state index contributed by atoms with van der Waals surface area (Å²) in [5.74, 6) is -0.906. The van der Waals surface area contributed by atoms with Crippen LogP contribution in [0, 0.1) is 0 Å². The molecule has 2 heterocycles. The summed E-state index contributed by atoms with van der Waals surface area (Å²) in [5, 5.41) is 5.80. The van der Waals surface area contributed by atoms with E-state index in [0.29, 0.717) is 34.7 Å². The van der Waals surface area contributed by atoms with Crippen LogP contribution in [0.25, 0.3) is 5.70 Å². The van der Waals surface area contributed by atoms with Crippen molar-refractivity contribution in [3.8, 4) is 5.75 Å². The van der Waals surface area contributed by atoms with Gasteiger partial charge in [-0.15, -0.1) is 11.3 Å². The van der Waals surface area contributed by atoms with Crippen molar-refractivity contribution in [2.45, 2.75) is 39.0 Å². The molecule has 0 aliphatic heterocycles. The molecule has 0 fully saturated rings. The van der Waals surface area contributed by atoms with Crippen molar-refractivity contribution in [2.75, 3.05) is 37.5 Å². The van der Waals surface area contributed by atoms with Gasteiger partial charge in [-0.05, 0) is 53.6 Å². The number of rotatable bonds is 8. The molecular weight excluding hydrogens is 590 g/mol. The number of fused-ring (bicyclic) bond motifs is 1. The monoisotopic (exact) mass is 625 g/mol. The zero-order chi connectivity index (χ0) is 31.7. The van der Waals surface area contributed by atoms with Crippen LogP contribution in [0.2, 0.25) is 0 Å². The number of anilines is 2. The van der Waals surface area contributed by atoms with E-state index in [0.717, 1.165) is 22.3 Å². The van der Waals surface area contributed by atoms with Gasteiger partial charge in [-0.1, -0.05) is 26.8 Å². The Hall–Kier alpha value is -4.23. The van der Waals surface area contributed by atoms with Crippen molar-refractivity contribution in [2.24, 2.45) is 0 Å². The molecule has 3 aromatic rings. The number of amides is 3. The Bertz CT molecular complexity index is 1740. The molecule has 0 spiro atoms. The quantitative estimate of drug-likeness (QED) is 0.334. The summed E-state index contributed by atoms with van der Waals surface area (Å²) in [6.07, 6.45) is 7.11. The van der Waals surface area contributed by atoms with Gasteiger partial charge in [0.05, 0.1) is 51.3 Å². The van der Waals surface area contributed by atoms with Crippen molar-refractivity contribution < 1.29 is 27.5 Å². The Morgan fingerprint density at radius 3 is 2.28 bits per heavy atom. The highest BCUT2D eigenvalue weighted by Crippen LogP contribution is 2.40. The molecule has 2 aromatic heterocycles. The molecule has 0 bridgehead atoms. The Balaban J connectivity index is 1.61. The summed E-state index contributed by atoms with van der Waals surface area (Å²) < 4.78 is 32.1. The number of benzene rings is 1. The standard InChI is InChI=1S/C30H35N5O6S2/c1-30(2,3)20-13-22(25(41-6)23(14-20)34-43(7,39)40)33-28(37)24-12-17-9-8-10-21(26(17)42-24)32-27(36)18-11-19(16-31-15-18)29(38)35(4)5/h10-16,34H,8-9H2,1-7H3,(H,32,36)(H,33,37). The molecule has 0 unspecified atom stereocenters. The Labute approximate surface area is 255 Å². The molecule has 4 rings (SSSR count). The van der Waals surface area contributed by atoms with Gasteiger partial charge in [-0.25, -0.2) is 8.42 Å². The van der Waals surface area contributed by atoms with Crippen LogP contribution in [-0.4, -0.2) is 63.5 Å². The number of thiophene rings is 1. The lowest BCUT2D eigenvalue weighted by molar-refractivity contribution is 0.0827. The van der Waals surface area contributed by atoms with E-state index in [4.69, 9.17) is 4.74 Å². The van der Waals surface area contributed by atoms with Crippen LogP contribution in [-0.2, 0) is 21.9 Å². The zero-order valence-corrected chi connectivity index (χ0v) is 26.7. The molecule has 3 N–H and O–H groups in total. The summed E-state index contributed by atoms with van der Waals surface area (Å²) in [6.45, 7) is 5.94. The SMILES string of the molecule is COc1c(NC(=O)c2cc3c(s2)C(NC(=O)c2cncc(C(=O)N(C)C)c2)=CCC3)cc(C(C)(C)C)cc1NS(C)(=O)=O. The van der Waals surface area contributed by atoms with E-state index in [1.54, 1.807) is 32.3 Å². The molecule has 11 nitrogen and oxygen atoms in total. The number of allylic oxidation sites excluding steroid dienone is 1. The zero-order valence-electron chi connectivity index (χ0n) is 25.1. The predicted molar refractivity (Wildman–Crippen MR) is 168 cm³/mol. The van der Waals surface area contributed by atoms with E-state index in [1.807, 2.05) is 26.8 Å². The minimum Gasteiger partial charge on any atom is -0.492 e. The van der Waals surface area contributed by atoms with Crippen LogP contribution < -0.4 is 20.1 Å². The van der Waals surface area contributed by atoms with E-state index in [1.165, 1.54) is 41.8 Å². The highest BCUT2D eigenvalue weighted by Gasteiger charge is 2.25. The molecule has 0 atom stereocenters. The fourth-order valence-electron chi connectivity index (χ4n) is 4.49. The van der Waals surface area contributed by atoms with Gasteiger partial charge in [0, 0.05) is 26.5 Å². The number of aromatic nitrogens is 1. The van der Waals surface area contributed by atoms with Gasteiger partial charge >= 0.3 is 0 Å². The highest BCUT2D eigenvalue weighted by atomic mass is 32.2. The number of nitrogens with zero attached hydrogens (tertiary/aromatic N) is 2. The molecule has 1 aliphatic rings. The first-order valence-electron chi connectivity index (χ1n) is 13.4. The van der Waals surface area contributed by atoms with E-state index in [9.17, 15) is 22.8 Å². The number of hydrogen-bond acceptors (Lipinski definition) is 8. The van der Waals surface area contributed by atoms with E-state index in [-0.39, 0.29) is 28.3 Å². The van der Waals surface area contributed by atoms with E-state index < -0.39 is 21.8 Å². The molecule has 3 amide bonds. The molecule has 43 heavy (non-hydrogen) atoms. The average molecular weight is 626 g/mol. The van der Waals surface area contributed by atoms with Gasteiger partial charge in [0.2, 0.25) is 10.0 Å². The first-order valence-corrected chi connectivity index (χ1v) is 16.1. The maximum Gasteiger partial charge on any atom is 0.265 e. The lowest BCUT2D eigenvalue weighted by atomic mass is 9.86. The summed E-state index contributed by atoms with van der Waals surface area (Å²) in [6, 6.07) is 6.75. The van der Waals surface area contributed by atoms with Gasteiger partial charge in [0.15, 0.2) is 5.75 Å². The van der Waals surface area contributed by atoms with Gasteiger partial charge in [0.25, 0.3) is 17.7 Å². The van der Waals surface area contributed by atoms with Crippen molar-refractivity contribution in [3.05, 3.63) is 74.7 Å². The van der Waals surface area contributed by atoms with Crippen LogP contribution in [0.4, 0.5) is 11.4 Å². The van der Waals surface area contributed by atoms with Crippen molar-refractivity contribution >= 4 is 56.2 Å². The Morgan fingerprint density at radius 1 is 0.977 bits per heavy atom. The van der Waals surface area contributed by atoms with Gasteiger partial charge in [0.1, 0.15) is 0 Å². The molecule has 0 saturated carbocycles. The van der Waals surface area contributed by atoms with Crippen LogP contribution in [0.3, 0.4) is 0 Å². The third kappa shape index (κ3) is 7.41. The van der Waals surface area contributed by atoms with Crippen molar-refractivity contribution in [3.63, 3.8) is 0 Å². The molecule has 0 saturated heterocycles. The first-order chi connectivity index (χ1) is 20.1. The number of carbonyl (C=O) groups is 3. The molecule has 1 aromatic carbocycles. The number of aryl methyl sites for hydroxylation is 1. The van der Waals surface area contributed by atoms with Crippen LogP contribution in [0.15, 0.2) is 42.7 Å². The van der Waals surface area contributed by atoms with E-state index >= 15 is 0 Å². The number of hydrogen-bond donors (Lipinski definition) is 3. The normalized spacial score (nSPS) is 13.0.